The van der Waals surface area contributed by atoms with E-state index in [0.717, 1.165) is 12.8 Å². The number of thioether (sulfide) groups is 1. The molecule has 1 atom stereocenters. The van der Waals surface area contributed by atoms with Crippen molar-refractivity contribution in [3.05, 3.63) is 0 Å². The van der Waals surface area contributed by atoms with Gasteiger partial charge in [0.1, 0.15) is 0 Å². The third-order valence-corrected chi connectivity index (χ3v) is 3.94. The summed E-state index contributed by atoms with van der Waals surface area (Å²) in [6.07, 6.45) is 7.78. The molecule has 0 spiro atoms. The maximum atomic E-state index is 11.6. The van der Waals surface area contributed by atoms with Gasteiger partial charge >= 0.3 is 6.03 Å². The van der Waals surface area contributed by atoms with Crippen LogP contribution in [-0.2, 0) is 0 Å². The van der Waals surface area contributed by atoms with Gasteiger partial charge in [0.25, 0.3) is 0 Å². The Bertz CT molecular complexity index is 241. The fourth-order valence-corrected chi connectivity index (χ4v) is 2.84. The van der Waals surface area contributed by atoms with Gasteiger partial charge in [-0.1, -0.05) is 19.3 Å². The van der Waals surface area contributed by atoms with E-state index in [0.29, 0.717) is 18.3 Å². The molecule has 2 amide bonds. The molecule has 17 heavy (non-hydrogen) atoms. The second kappa shape index (κ2) is 7.11. The van der Waals surface area contributed by atoms with Crippen molar-refractivity contribution >= 4 is 17.8 Å². The lowest BCUT2D eigenvalue weighted by molar-refractivity contribution is 0.0867. The lowest BCUT2D eigenvalue weighted by atomic mass is 9.96. The van der Waals surface area contributed by atoms with Crippen molar-refractivity contribution in [3.8, 4) is 0 Å². The quantitative estimate of drug-likeness (QED) is 0.705. The van der Waals surface area contributed by atoms with Crippen molar-refractivity contribution in [3.63, 3.8) is 0 Å². The third kappa shape index (κ3) is 6.17. The predicted octanol–water partition coefficient (Wildman–Crippen LogP) is 1.73. The fraction of sp³-hybridized carbons (Fsp3) is 0.917. The summed E-state index contributed by atoms with van der Waals surface area (Å²) < 4.78 is 0. The van der Waals surface area contributed by atoms with Crippen molar-refractivity contribution in [1.29, 1.82) is 0 Å². The molecule has 0 heterocycles. The molecule has 5 heteroatoms. The third-order valence-electron chi connectivity index (χ3n) is 3.03. The number of nitrogens with one attached hydrogen (secondary N) is 2. The highest BCUT2D eigenvalue weighted by Gasteiger charge is 2.21. The molecule has 4 nitrogen and oxygen atoms in total. The fourth-order valence-electron chi connectivity index (χ4n) is 2.12. The van der Waals surface area contributed by atoms with Crippen LogP contribution < -0.4 is 10.6 Å². The average molecular weight is 260 g/mol. The van der Waals surface area contributed by atoms with E-state index in [2.05, 4.69) is 10.6 Å². The Labute approximate surface area is 108 Å². The van der Waals surface area contributed by atoms with Crippen molar-refractivity contribution < 1.29 is 9.90 Å². The first kappa shape index (κ1) is 14.6. The molecule has 0 aromatic rings. The zero-order chi connectivity index (χ0) is 12.7. The molecule has 3 N–H and O–H groups in total. The van der Waals surface area contributed by atoms with Crippen molar-refractivity contribution in [2.45, 2.75) is 50.7 Å². The number of hydrogen-bond donors (Lipinski definition) is 3. The molecule has 0 radical (unpaired) electrons. The smallest absolute Gasteiger partial charge is 0.315 e. The predicted molar refractivity (Wildman–Crippen MR) is 72.4 cm³/mol. The van der Waals surface area contributed by atoms with Gasteiger partial charge in [-0.25, -0.2) is 4.79 Å². The lowest BCUT2D eigenvalue weighted by Gasteiger charge is -2.25. The van der Waals surface area contributed by atoms with Gasteiger partial charge in [-0.05, 0) is 26.0 Å². The molecule has 0 bridgehead atoms. The van der Waals surface area contributed by atoms with Gasteiger partial charge in [0.05, 0.1) is 5.60 Å². The van der Waals surface area contributed by atoms with E-state index < -0.39 is 5.60 Å². The standard InChI is InChI=1S/C12H24N2O2S/c1-12(16,9-17-2)8-13-11(15)14-10-6-4-3-5-7-10/h10,16H,3-9H2,1-2H3,(H2,13,14,15). The number of aliphatic hydroxyl groups is 1. The Morgan fingerprint density at radius 2 is 2.06 bits per heavy atom. The van der Waals surface area contributed by atoms with E-state index in [4.69, 9.17) is 0 Å². The van der Waals surface area contributed by atoms with E-state index in [9.17, 15) is 9.90 Å². The number of carbonyl (C=O) groups is 1. The average Bonchev–Trinajstić information content (AvgIpc) is 2.28. The highest BCUT2D eigenvalue weighted by molar-refractivity contribution is 7.98. The van der Waals surface area contributed by atoms with Crippen molar-refractivity contribution in [2.75, 3.05) is 18.6 Å². The highest BCUT2D eigenvalue weighted by atomic mass is 32.2. The molecule has 0 aromatic carbocycles. The molecule has 1 aliphatic rings. The molecule has 1 aliphatic carbocycles. The summed E-state index contributed by atoms with van der Waals surface area (Å²) in [4.78, 5) is 11.6. The minimum Gasteiger partial charge on any atom is -0.387 e. The number of carbonyl (C=O) groups excluding carboxylic acids is 1. The van der Waals surface area contributed by atoms with Crippen LogP contribution in [0.3, 0.4) is 0 Å². The number of urea groups is 1. The SMILES string of the molecule is CSCC(C)(O)CNC(=O)NC1CCCCC1. The van der Waals surface area contributed by atoms with Crippen LogP contribution in [0.4, 0.5) is 4.79 Å². The summed E-state index contributed by atoms with van der Waals surface area (Å²) in [5.74, 6) is 0.622. The first-order valence-electron chi connectivity index (χ1n) is 6.29. The maximum Gasteiger partial charge on any atom is 0.315 e. The summed E-state index contributed by atoms with van der Waals surface area (Å²) >= 11 is 1.57. The van der Waals surface area contributed by atoms with Crippen LogP contribution >= 0.6 is 11.8 Å². The second-order valence-electron chi connectivity index (χ2n) is 5.09. The summed E-state index contributed by atoms with van der Waals surface area (Å²) in [5, 5.41) is 15.6. The van der Waals surface area contributed by atoms with Crippen molar-refractivity contribution in [1.82, 2.24) is 10.6 Å². The van der Waals surface area contributed by atoms with Gasteiger partial charge in [-0.2, -0.15) is 11.8 Å². The van der Waals surface area contributed by atoms with Gasteiger partial charge in [0.15, 0.2) is 0 Å². The number of amides is 2. The largest absolute Gasteiger partial charge is 0.387 e. The Morgan fingerprint density at radius 3 is 2.65 bits per heavy atom. The van der Waals surface area contributed by atoms with E-state index in [1.807, 2.05) is 6.26 Å². The molecule has 1 rings (SSSR count). The Morgan fingerprint density at radius 1 is 1.41 bits per heavy atom. The van der Waals surface area contributed by atoms with E-state index in [1.54, 1.807) is 18.7 Å². The van der Waals surface area contributed by atoms with Gasteiger partial charge in [0.2, 0.25) is 0 Å². The molecular formula is C12H24N2O2S. The molecule has 0 saturated heterocycles. The molecule has 100 valence electrons. The van der Waals surface area contributed by atoms with Crippen LogP contribution in [0.25, 0.3) is 0 Å². The summed E-state index contributed by atoms with van der Waals surface area (Å²) in [5.41, 5.74) is -0.830. The molecule has 1 fully saturated rings. The first-order valence-corrected chi connectivity index (χ1v) is 7.68. The first-order chi connectivity index (χ1) is 8.03. The molecule has 1 saturated carbocycles. The topological polar surface area (TPSA) is 61.4 Å². The number of rotatable bonds is 5. The molecule has 0 aromatic heterocycles. The molecule has 0 aliphatic heterocycles. The van der Waals surface area contributed by atoms with Gasteiger partial charge in [-0.3, -0.25) is 0 Å². The Balaban J connectivity index is 2.20. The summed E-state index contributed by atoms with van der Waals surface area (Å²) in [7, 11) is 0. The van der Waals surface area contributed by atoms with Crippen LogP contribution in [0.15, 0.2) is 0 Å². The highest BCUT2D eigenvalue weighted by Crippen LogP contribution is 2.17. The molecular weight excluding hydrogens is 236 g/mol. The van der Waals surface area contributed by atoms with Gasteiger partial charge in [0, 0.05) is 18.3 Å². The monoisotopic (exact) mass is 260 g/mol. The second-order valence-corrected chi connectivity index (χ2v) is 5.96. The minimum absolute atomic E-state index is 0.154. The van der Waals surface area contributed by atoms with E-state index in [1.165, 1.54) is 19.3 Å². The van der Waals surface area contributed by atoms with Crippen LogP contribution in [0.1, 0.15) is 39.0 Å². The molecule has 1 unspecified atom stereocenters. The van der Waals surface area contributed by atoms with Crippen LogP contribution in [0, 0.1) is 0 Å². The van der Waals surface area contributed by atoms with E-state index >= 15 is 0 Å². The van der Waals surface area contributed by atoms with Gasteiger partial charge < -0.3 is 15.7 Å². The number of hydrogen-bond acceptors (Lipinski definition) is 3. The van der Waals surface area contributed by atoms with Crippen LogP contribution in [0.5, 0.6) is 0 Å². The normalized spacial score (nSPS) is 20.6. The summed E-state index contributed by atoms with van der Waals surface area (Å²) in [6.45, 7) is 2.04. The van der Waals surface area contributed by atoms with E-state index in [-0.39, 0.29) is 6.03 Å². The van der Waals surface area contributed by atoms with Crippen LogP contribution in [-0.4, -0.2) is 41.3 Å². The maximum absolute atomic E-state index is 11.6. The van der Waals surface area contributed by atoms with Gasteiger partial charge in [-0.15, -0.1) is 0 Å². The van der Waals surface area contributed by atoms with Crippen molar-refractivity contribution in [2.24, 2.45) is 0 Å². The summed E-state index contributed by atoms with van der Waals surface area (Å²) in [6, 6.07) is 0.160. The van der Waals surface area contributed by atoms with Crippen LogP contribution in [0.2, 0.25) is 0 Å². The zero-order valence-electron chi connectivity index (χ0n) is 10.8. The zero-order valence-corrected chi connectivity index (χ0v) is 11.6. The lowest BCUT2D eigenvalue weighted by Crippen LogP contribution is -2.48. The minimum atomic E-state index is -0.830. The Hall–Kier alpha value is -0.420. The Kier molecular flexibility index (Phi) is 6.12.